The lowest BCUT2D eigenvalue weighted by molar-refractivity contribution is 0.416. The van der Waals surface area contributed by atoms with Crippen molar-refractivity contribution in [2.24, 2.45) is 0 Å². The van der Waals surface area contributed by atoms with Gasteiger partial charge in [0.15, 0.2) is 0 Å². The van der Waals surface area contributed by atoms with Gasteiger partial charge in [0.05, 0.1) is 0 Å². The molecule has 1 atom stereocenters. The molecule has 0 aromatic carbocycles. The lowest BCUT2D eigenvalue weighted by Gasteiger charge is -2.21. The molecule has 0 aromatic rings. The van der Waals surface area contributed by atoms with Gasteiger partial charge in [0.25, 0.3) is 0 Å². The van der Waals surface area contributed by atoms with Crippen LogP contribution in [0.5, 0.6) is 0 Å². The lowest BCUT2D eigenvalue weighted by atomic mass is 10.6. The first-order valence-corrected chi connectivity index (χ1v) is 5.91. The number of hydrogen-bond acceptors (Lipinski definition) is 1. The van der Waals surface area contributed by atoms with E-state index in [9.17, 15) is 0 Å². The highest BCUT2D eigenvalue weighted by Crippen LogP contribution is 2.15. The second-order valence-corrected chi connectivity index (χ2v) is 6.31. The maximum Gasteiger partial charge on any atom is 0.239 e. The van der Waals surface area contributed by atoms with E-state index < -0.39 is 8.32 Å². The molecule has 0 aliphatic heterocycles. The molecule has 10 heavy (non-hydrogen) atoms. The van der Waals surface area contributed by atoms with Crippen molar-refractivity contribution in [3.8, 4) is 0 Å². The maximum atomic E-state index is 5.39. The minimum Gasteiger partial charge on any atom is -0.412 e. The van der Waals surface area contributed by atoms with E-state index in [2.05, 4.69) is 26.1 Å². The van der Waals surface area contributed by atoms with Crippen molar-refractivity contribution in [1.29, 1.82) is 0 Å². The highest BCUT2D eigenvalue weighted by Gasteiger charge is 2.24. The van der Waals surface area contributed by atoms with Crippen LogP contribution >= 0.6 is 0 Å². The number of allylic oxidation sites excluding steroid dienone is 2. The molecule has 0 aliphatic rings. The van der Waals surface area contributed by atoms with Crippen LogP contribution in [0, 0.1) is 0 Å². The summed E-state index contributed by atoms with van der Waals surface area (Å²) in [6.45, 7) is 10.0. The lowest BCUT2D eigenvalue weighted by Crippen LogP contribution is -2.32. The molecular weight excluding hydrogens is 140 g/mol. The molecule has 0 rings (SSSR count). The Morgan fingerprint density at radius 2 is 2.10 bits per heavy atom. The standard InChI is InChI=1S/C8H16OSi/c1-6-8(3)10(5,7-2)9-4/h6-7H,2H2,1,3-5H3/b8-6+. The Bertz CT molecular complexity index is 151. The molecule has 0 amide bonds. The van der Waals surface area contributed by atoms with Gasteiger partial charge in [0.1, 0.15) is 0 Å². The summed E-state index contributed by atoms with van der Waals surface area (Å²) in [5.41, 5.74) is 1.95. The van der Waals surface area contributed by atoms with E-state index in [-0.39, 0.29) is 0 Å². The average Bonchev–Trinajstić information content (AvgIpc) is 2.01. The third-order valence-corrected chi connectivity index (χ3v) is 5.51. The Morgan fingerprint density at radius 1 is 1.60 bits per heavy atom. The minimum atomic E-state index is -1.68. The smallest absolute Gasteiger partial charge is 0.239 e. The maximum absolute atomic E-state index is 5.39. The van der Waals surface area contributed by atoms with E-state index in [1.165, 1.54) is 5.20 Å². The zero-order chi connectivity index (χ0) is 8.20. The van der Waals surface area contributed by atoms with E-state index >= 15 is 0 Å². The molecule has 0 fully saturated rings. The summed E-state index contributed by atoms with van der Waals surface area (Å²) < 4.78 is 5.39. The predicted molar refractivity (Wildman–Crippen MR) is 48.3 cm³/mol. The second kappa shape index (κ2) is 3.74. The molecule has 1 nitrogen and oxygen atoms in total. The Morgan fingerprint density at radius 3 is 2.20 bits per heavy atom. The van der Waals surface area contributed by atoms with E-state index in [0.717, 1.165) is 0 Å². The topological polar surface area (TPSA) is 9.23 Å². The SMILES string of the molecule is C=C[Si](C)(OC)/C(C)=C/C. The van der Waals surface area contributed by atoms with Gasteiger partial charge in [-0.25, -0.2) is 0 Å². The van der Waals surface area contributed by atoms with Gasteiger partial charge in [-0.15, -0.1) is 6.58 Å². The zero-order valence-corrected chi connectivity index (χ0v) is 8.27. The van der Waals surface area contributed by atoms with Crippen LogP contribution in [0.3, 0.4) is 0 Å². The van der Waals surface area contributed by atoms with E-state index in [1.807, 2.05) is 12.6 Å². The first kappa shape index (κ1) is 9.66. The molecule has 0 saturated heterocycles. The van der Waals surface area contributed by atoms with Gasteiger partial charge < -0.3 is 4.43 Å². The van der Waals surface area contributed by atoms with E-state index in [0.29, 0.717) is 0 Å². The van der Waals surface area contributed by atoms with Crippen LogP contribution in [0.2, 0.25) is 6.55 Å². The van der Waals surface area contributed by atoms with Crippen molar-refractivity contribution in [3.63, 3.8) is 0 Å². The van der Waals surface area contributed by atoms with Crippen LogP contribution in [0.15, 0.2) is 23.6 Å². The quantitative estimate of drug-likeness (QED) is 0.570. The summed E-state index contributed by atoms with van der Waals surface area (Å²) in [5, 5.41) is 1.32. The van der Waals surface area contributed by atoms with Crippen LogP contribution in [-0.4, -0.2) is 15.4 Å². The minimum absolute atomic E-state index is 1.32. The summed E-state index contributed by atoms with van der Waals surface area (Å²) in [6, 6.07) is 0. The van der Waals surface area contributed by atoms with Crippen LogP contribution in [0.4, 0.5) is 0 Å². The summed E-state index contributed by atoms with van der Waals surface area (Å²) in [5.74, 6) is 0. The molecule has 0 radical (unpaired) electrons. The third-order valence-electron chi connectivity index (χ3n) is 2.03. The van der Waals surface area contributed by atoms with Crippen LogP contribution < -0.4 is 0 Å². The van der Waals surface area contributed by atoms with Gasteiger partial charge in [0, 0.05) is 7.11 Å². The highest BCUT2D eigenvalue weighted by molar-refractivity contribution is 6.84. The molecule has 0 saturated carbocycles. The molecular formula is C8H16OSi. The molecule has 58 valence electrons. The first-order chi connectivity index (χ1) is 4.60. The molecule has 0 aliphatic carbocycles. The Labute approximate surface area is 64.5 Å². The van der Waals surface area contributed by atoms with Crippen molar-refractivity contribution >= 4 is 8.32 Å². The summed E-state index contributed by atoms with van der Waals surface area (Å²) in [7, 11) is 0.0752. The van der Waals surface area contributed by atoms with Gasteiger partial charge in [-0.3, -0.25) is 0 Å². The largest absolute Gasteiger partial charge is 0.412 e. The molecule has 0 heterocycles. The van der Waals surface area contributed by atoms with Crippen molar-refractivity contribution in [1.82, 2.24) is 0 Å². The van der Waals surface area contributed by atoms with Gasteiger partial charge >= 0.3 is 0 Å². The van der Waals surface area contributed by atoms with Crippen LogP contribution in [0.1, 0.15) is 13.8 Å². The van der Waals surface area contributed by atoms with Gasteiger partial charge in [-0.05, 0) is 20.4 Å². The molecule has 1 unspecified atom stereocenters. The van der Waals surface area contributed by atoms with Crippen molar-refractivity contribution in [2.45, 2.75) is 20.4 Å². The molecule has 0 N–H and O–H groups in total. The molecule has 0 bridgehead atoms. The molecule has 0 spiro atoms. The van der Waals surface area contributed by atoms with Gasteiger partial charge in [-0.2, -0.15) is 0 Å². The fraction of sp³-hybridized carbons (Fsp3) is 0.500. The zero-order valence-electron chi connectivity index (χ0n) is 7.27. The average molecular weight is 156 g/mol. The Hall–Kier alpha value is -0.343. The molecule has 2 heteroatoms. The third kappa shape index (κ3) is 1.82. The summed E-state index contributed by atoms with van der Waals surface area (Å²) in [6.07, 6.45) is 2.09. The van der Waals surface area contributed by atoms with Gasteiger partial charge in [-0.1, -0.05) is 17.0 Å². The van der Waals surface area contributed by atoms with Crippen molar-refractivity contribution in [3.05, 3.63) is 23.6 Å². The first-order valence-electron chi connectivity index (χ1n) is 3.43. The highest BCUT2D eigenvalue weighted by atomic mass is 28.4. The normalized spacial score (nSPS) is 18.2. The predicted octanol–water partition coefficient (Wildman–Crippen LogP) is 2.44. The summed E-state index contributed by atoms with van der Waals surface area (Å²) >= 11 is 0. The van der Waals surface area contributed by atoms with E-state index in [4.69, 9.17) is 4.43 Å². The monoisotopic (exact) mass is 156 g/mol. The second-order valence-electron chi connectivity index (χ2n) is 2.49. The van der Waals surface area contributed by atoms with Gasteiger partial charge in [0.2, 0.25) is 8.32 Å². The Kier molecular flexibility index (Phi) is 3.61. The number of hydrogen-bond donors (Lipinski definition) is 0. The van der Waals surface area contributed by atoms with Crippen molar-refractivity contribution < 1.29 is 4.43 Å². The molecule has 0 aromatic heterocycles. The fourth-order valence-electron chi connectivity index (χ4n) is 0.692. The Balaban J connectivity index is 4.48. The fourth-order valence-corrected chi connectivity index (χ4v) is 2.08. The van der Waals surface area contributed by atoms with Crippen LogP contribution in [-0.2, 0) is 4.43 Å². The van der Waals surface area contributed by atoms with E-state index in [1.54, 1.807) is 7.11 Å². The van der Waals surface area contributed by atoms with Crippen LogP contribution in [0.25, 0.3) is 0 Å². The van der Waals surface area contributed by atoms with Crippen molar-refractivity contribution in [2.75, 3.05) is 7.11 Å². The summed E-state index contributed by atoms with van der Waals surface area (Å²) in [4.78, 5) is 0. The number of rotatable bonds is 3.